The summed E-state index contributed by atoms with van der Waals surface area (Å²) in [6, 6.07) is 0. The maximum Gasteiger partial charge on any atom is 0.106 e. The van der Waals surface area contributed by atoms with Crippen LogP contribution in [0.1, 0.15) is 47.0 Å². The van der Waals surface area contributed by atoms with E-state index in [0.717, 1.165) is 13.0 Å². The first kappa shape index (κ1) is 12.4. The summed E-state index contributed by atoms with van der Waals surface area (Å²) in [6.07, 6.45) is 5.00. The fraction of sp³-hybridized carbons (Fsp3) is 0.750. The molecule has 1 N–H and O–H groups in total. The average Bonchev–Trinajstić information content (AvgIpc) is 2.89. The maximum atomic E-state index is 4.86. The molecule has 0 aromatic carbocycles. The van der Waals surface area contributed by atoms with E-state index in [4.69, 9.17) is 4.98 Å². The minimum atomic E-state index is 0.686. The Morgan fingerprint density at radius 1 is 1.50 bits per heavy atom. The predicted molar refractivity (Wildman–Crippen MR) is 73.3 cm³/mol. The van der Waals surface area contributed by atoms with Crippen LogP contribution >= 0.6 is 23.1 Å². The summed E-state index contributed by atoms with van der Waals surface area (Å²) in [4.78, 5) is 6.31. The van der Waals surface area contributed by atoms with E-state index in [1.807, 2.05) is 18.4 Å². The highest BCUT2D eigenvalue weighted by atomic mass is 32.2. The Hall–Kier alpha value is -0.0600. The van der Waals surface area contributed by atoms with E-state index in [0.29, 0.717) is 5.25 Å². The molecular formula is C12H20N2S2. The summed E-state index contributed by atoms with van der Waals surface area (Å²) in [7, 11) is 2.01. The van der Waals surface area contributed by atoms with Crippen molar-refractivity contribution in [3.63, 3.8) is 0 Å². The fourth-order valence-corrected chi connectivity index (χ4v) is 4.68. The zero-order chi connectivity index (χ0) is 11.4. The lowest BCUT2D eigenvalue weighted by Crippen LogP contribution is -2.05. The number of thiazole rings is 1. The first-order valence-electron chi connectivity index (χ1n) is 6.09. The van der Waals surface area contributed by atoms with E-state index < -0.39 is 0 Å². The van der Waals surface area contributed by atoms with Crippen LogP contribution in [0.5, 0.6) is 0 Å². The second kappa shape index (κ2) is 6.03. The number of nitrogens with one attached hydrogen (secondary N) is 1. The van der Waals surface area contributed by atoms with Gasteiger partial charge in [0.2, 0.25) is 0 Å². The molecule has 2 nitrogen and oxygen atoms in total. The van der Waals surface area contributed by atoms with Gasteiger partial charge >= 0.3 is 0 Å². The van der Waals surface area contributed by atoms with E-state index in [1.165, 1.54) is 40.6 Å². The summed E-state index contributed by atoms with van der Waals surface area (Å²) < 4.78 is 0. The minimum absolute atomic E-state index is 0.686. The Bertz CT molecular complexity index is 306. The SMILES string of the molecule is CCCc1nc(C2CCCS2)sc1CNC. The molecule has 1 atom stereocenters. The molecule has 1 aromatic rings. The van der Waals surface area contributed by atoms with Crippen LogP contribution in [-0.4, -0.2) is 17.8 Å². The summed E-state index contributed by atoms with van der Waals surface area (Å²) >= 11 is 4.01. The monoisotopic (exact) mass is 256 g/mol. The number of hydrogen-bond acceptors (Lipinski definition) is 4. The molecule has 1 unspecified atom stereocenters. The molecule has 0 radical (unpaired) electrons. The van der Waals surface area contributed by atoms with Crippen molar-refractivity contribution in [2.45, 2.75) is 44.4 Å². The number of aromatic nitrogens is 1. The molecule has 90 valence electrons. The van der Waals surface area contributed by atoms with Crippen molar-refractivity contribution in [2.24, 2.45) is 0 Å². The van der Waals surface area contributed by atoms with Gasteiger partial charge in [0.05, 0.1) is 10.9 Å². The van der Waals surface area contributed by atoms with Crippen LogP contribution in [0.2, 0.25) is 0 Å². The van der Waals surface area contributed by atoms with E-state index in [1.54, 1.807) is 0 Å². The zero-order valence-corrected chi connectivity index (χ0v) is 11.7. The van der Waals surface area contributed by atoms with Gasteiger partial charge in [0.1, 0.15) is 5.01 Å². The van der Waals surface area contributed by atoms with Crippen molar-refractivity contribution in [3.8, 4) is 0 Å². The van der Waals surface area contributed by atoms with Crippen molar-refractivity contribution in [2.75, 3.05) is 12.8 Å². The van der Waals surface area contributed by atoms with Crippen LogP contribution in [0.4, 0.5) is 0 Å². The van der Waals surface area contributed by atoms with Gasteiger partial charge in [-0.1, -0.05) is 13.3 Å². The Morgan fingerprint density at radius 2 is 2.38 bits per heavy atom. The molecule has 1 fully saturated rings. The Morgan fingerprint density at radius 3 is 3.00 bits per heavy atom. The van der Waals surface area contributed by atoms with Crippen molar-refractivity contribution >= 4 is 23.1 Å². The number of aryl methyl sites for hydroxylation is 1. The lowest BCUT2D eigenvalue weighted by atomic mass is 10.2. The normalized spacial score (nSPS) is 20.5. The Labute approximate surface area is 106 Å². The molecule has 1 saturated heterocycles. The van der Waals surface area contributed by atoms with Gasteiger partial charge in [-0.15, -0.1) is 11.3 Å². The third-order valence-corrected chi connectivity index (χ3v) is 5.57. The van der Waals surface area contributed by atoms with Gasteiger partial charge in [0.25, 0.3) is 0 Å². The molecule has 2 rings (SSSR count). The van der Waals surface area contributed by atoms with Crippen LogP contribution < -0.4 is 5.32 Å². The summed E-state index contributed by atoms with van der Waals surface area (Å²) in [5.74, 6) is 1.31. The van der Waals surface area contributed by atoms with E-state index in [2.05, 4.69) is 24.0 Å². The highest BCUT2D eigenvalue weighted by molar-refractivity contribution is 7.99. The van der Waals surface area contributed by atoms with Crippen molar-refractivity contribution in [3.05, 3.63) is 15.6 Å². The smallest absolute Gasteiger partial charge is 0.106 e. The maximum absolute atomic E-state index is 4.86. The number of rotatable bonds is 5. The predicted octanol–water partition coefficient (Wildman–Crippen LogP) is 3.38. The molecule has 16 heavy (non-hydrogen) atoms. The van der Waals surface area contributed by atoms with Gasteiger partial charge in [0, 0.05) is 11.4 Å². The molecule has 0 saturated carbocycles. The molecule has 1 aliphatic heterocycles. The zero-order valence-electron chi connectivity index (χ0n) is 10.1. The van der Waals surface area contributed by atoms with E-state index >= 15 is 0 Å². The topological polar surface area (TPSA) is 24.9 Å². The molecule has 0 amide bonds. The van der Waals surface area contributed by atoms with E-state index in [9.17, 15) is 0 Å². The summed E-state index contributed by atoms with van der Waals surface area (Å²) in [5, 5.41) is 5.31. The van der Waals surface area contributed by atoms with Crippen LogP contribution in [-0.2, 0) is 13.0 Å². The number of thioether (sulfide) groups is 1. The van der Waals surface area contributed by atoms with Gasteiger partial charge in [-0.25, -0.2) is 4.98 Å². The van der Waals surface area contributed by atoms with Crippen molar-refractivity contribution in [1.29, 1.82) is 0 Å². The fourth-order valence-electron chi connectivity index (χ4n) is 2.04. The van der Waals surface area contributed by atoms with Crippen molar-refractivity contribution in [1.82, 2.24) is 10.3 Å². The molecule has 1 aliphatic rings. The molecule has 0 bridgehead atoms. The first-order chi connectivity index (χ1) is 7.85. The highest BCUT2D eigenvalue weighted by Gasteiger charge is 2.22. The van der Waals surface area contributed by atoms with Gasteiger partial charge < -0.3 is 5.32 Å². The highest BCUT2D eigenvalue weighted by Crippen LogP contribution is 2.42. The Balaban J connectivity index is 2.15. The molecule has 1 aromatic heterocycles. The van der Waals surface area contributed by atoms with Crippen LogP contribution in [0.15, 0.2) is 0 Å². The lowest BCUT2D eigenvalue weighted by Gasteiger charge is -2.01. The van der Waals surface area contributed by atoms with Gasteiger partial charge in [-0.3, -0.25) is 0 Å². The number of hydrogen-bond donors (Lipinski definition) is 1. The standard InChI is InChI=1S/C12H20N2S2/c1-3-5-9-11(8-13-2)16-12(14-9)10-6-4-7-15-10/h10,13H,3-8H2,1-2H3. The quantitative estimate of drug-likeness (QED) is 0.874. The second-order valence-corrected chi connectivity index (χ2v) is 6.63. The largest absolute Gasteiger partial charge is 0.315 e. The van der Waals surface area contributed by atoms with Gasteiger partial charge in [-0.2, -0.15) is 11.8 Å². The molecule has 2 heterocycles. The van der Waals surface area contributed by atoms with Gasteiger partial charge in [-0.05, 0) is 32.1 Å². The number of nitrogens with zero attached hydrogens (tertiary/aromatic N) is 1. The molecule has 0 aliphatic carbocycles. The summed E-state index contributed by atoms with van der Waals surface area (Å²) in [6.45, 7) is 3.21. The van der Waals surface area contributed by atoms with Crippen LogP contribution in [0.3, 0.4) is 0 Å². The van der Waals surface area contributed by atoms with Gasteiger partial charge in [0.15, 0.2) is 0 Å². The molecule has 0 spiro atoms. The third kappa shape index (κ3) is 2.79. The first-order valence-corrected chi connectivity index (χ1v) is 7.96. The van der Waals surface area contributed by atoms with E-state index in [-0.39, 0.29) is 0 Å². The second-order valence-electron chi connectivity index (χ2n) is 4.20. The summed E-state index contributed by atoms with van der Waals surface area (Å²) in [5.41, 5.74) is 1.34. The van der Waals surface area contributed by atoms with Crippen LogP contribution in [0.25, 0.3) is 0 Å². The Kier molecular flexibility index (Phi) is 4.67. The van der Waals surface area contributed by atoms with Crippen LogP contribution in [0, 0.1) is 0 Å². The van der Waals surface area contributed by atoms with Crippen molar-refractivity contribution < 1.29 is 0 Å². The molecular weight excluding hydrogens is 236 g/mol. The third-order valence-electron chi connectivity index (χ3n) is 2.82. The molecule has 4 heteroatoms. The lowest BCUT2D eigenvalue weighted by molar-refractivity contribution is 0.786. The average molecular weight is 256 g/mol. The minimum Gasteiger partial charge on any atom is -0.315 e.